The van der Waals surface area contributed by atoms with E-state index in [0.717, 1.165) is 27.2 Å². The van der Waals surface area contributed by atoms with Crippen LogP contribution in [0.5, 0.6) is 11.5 Å². The third-order valence-corrected chi connectivity index (χ3v) is 10.2. The van der Waals surface area contributed by atoms with Gasteiger partial charge in [-0.05, 0) is 93.3 Å². The Kier molecular flexibility index (Phi) is 10.6. The van der Waals surface area contributed by atoms with Crippen LogP contribution in [-0.2, 0) is 20.9 Å². The van der Waals surface area contributed by atoms with E-state index >= 15 is 0 Å². The van der Waals surface area contributed by atoms with Crippen LogP contribution in [0.15, 0.2) is 71.1 Å². The number of halogens is 1. The van der Waals surface area contributed by atoms with E-state index in [1.165, 1.54) is 23.3 Å². The maximum absolute atomic E-state index is 13.7. The Morgan fingerprint density at radius 1 is 1.14 bits per heavy atom. The third-order valence-electron chi connectivity index (χ3n) is 8.49. The molecular formula is C34H36INO7S. The number of fused-ring (bicyclic) bond motifs is 1. The first-order valence-corrected chi connectivity index (χ1v) is 16.4. The lowest BCUT2D eigenvalue weighted by Gasteiger charge is -2.36. The summed E-state index contributed by atoms with van der Waals surface area (Å²) in [6.07, 6.45) is 2.16. The van der Waals surface area contributed by atoms with Crippen LogP contribution in [0.4, 0.5) is 0 Å². The number of phenols is 1. The van der Waals surface area contributed by atoms with Gasteiger partial charge in [-0.15, -0.1) is 11.3 Å². The summed E-state index contributed by atoms with van der Waals surface area (Å²) in [7, 11) is 3.07. The molecule has 8 nitrogen and oxygen atoms in total. The van der Waals surface area contributed by atoms with E-state index in [0.29, 0.717) is 34.2 Å². The fourth-order valence-electron chi connectivity index (χ4n) is 6.48. The molecule has 2 aliphatic rings. The number of allylic oxidation sites excluding steroid dienone is 1. The number of methoxy groups -OCH3 is 2. The van der Waals surface area contributed by atoms with Crippen molar-refractivity contribution in [2.24, 2.45) is 17.8 Å². The van der Waals surface area contributed by atoms with E-state index in [4.69, 9.17) is 9.47 Å². The van der Waals surface area contributed by atoms with Crippen molar-refractivity contribution in [1.82, 2.24) is 4.90 Å². The summed E-state index contributed by atoms with van der Waals surface area (Å²) in [4.78, 5) is 29.4. The topological polar surface area (TPSA) is 117 Å². The molecule has 1 fully saturated rings. The van der Waals surface area contributed by atoms with Crippen LogP contribution in [0, 0.1) is 21.3 Å². The van der Waals surface area contributed by atoms with Crippen LogP contribution in [0.25, 0.3) is 11.6 Å². The minimum Gasteiger partial charge on any atom is -0.504 e. The summed E-state index contributed by atoms with van der Waals surface area (Å²) in [5.41, 5.74) is 4.15. The fraction of sp³-hybridized carbons (Fsp3) is 0.353. The first-order chi connectivity index (χ1) is 21.3. The number of imide groups is 1. The number of hydrogen-bond donors (Lipinski definition) is 3. The van der Waals surface area contributed by atoms with E-state index in [-0.39, 0.29) is 37.3 Å². The standard InChI is InChI=1S/C34H36INO7S/c1-42-19-23-16-25-31(34(41)36(33(25)40)17-24-9-6-12-44-24)26(18-37)30(23)28(38)11-10-22(21-7-4-3-5-8-21)13-20-14-27(35)32(39)29(15-20)43-2/h3-9,12-15,25-26,28,31,37-39H,10-11,16-19H2,1-2H3/b22-13-/t25-,26+,28-,31-/m1/s1. The summed E-state index contributed by atoms with van der Waals surface area (Å²) in [5.74, 6) is -2.08. The van der Waals surface area contributed by atoms with Gasteiger partial charge in [0.25, 0.3) is 0 Å². The molecule has 1 aromatic heterocycles. The minimum atomic E-state index is -0.964. The van der Waals surface area contributed by atoms with Gasteiger partial charge >= 0.3 is 0 Å². The lowest BCUT2D eigenvalue weighted by Crippen LogP contribution is -2.39. The number of nitrogens with zero attached hydrogens (tertiary/aromatic N) is 1. The number of rotatable bonds is 12. The highest BCUT2D eigenvalue weighted by molar-refractivity contribution is 14.1. The number of carbonyl (C=O) groups is 2. The van der Waals surface area contributed by atoms with Crippen molar-refractivity contribution in [2.75, 3.05) is 27.4 Å². The molecule has 0 spiro atoms. The van der Waals surface area contributed by atoms with Crippen molar-refractivity contribution >= 4 is 57.4 Å². The number of carbonyl (C=O) groups excluding carboxylic acids is 2. The zero-order valence-corrected chi connectivity index (χ0v) is 27.6. The van der Waals surface area contributed by atoms with Crippen molar-refractivity contribution < 1.29 is 34.4 Å². The van der Waals surface area contributed by atoms with Crippen LogP contribution >= 0.6 is 33.9 Å². The number of hydrogen-bond acceptors (Lipinski definition) is 8. The van der Waals surface area contributed by atoms with Crippen molar-refractivity contribution in [3.63, 3.8) is 0 Å². The second-order valence-corrected chi connectivity index (χ2v) is 13.3. The van der Waals surface area contributed by atoms with E-state index < -0.39 is 23.9 Å². The molecule has 2 heterocycles. The molecular weight excluding hydrogens is 693 g/mol. The molecule has 1 aliphatic carbocycles. The predicted octanol–water partition coefficient (Wildman–Crippen LogP) is 5.51. The highest BCUT2D eigenvalue weighted by atomic mass is 127. The van der Waals surface area contributed by atoms with E-state index in [1.807, 2.05) is 60.0 Å². The summed E-state index contributed by atoms with van der Waals surface area (Å²) in [6, 6.07) is 17.3. The normalized spacial score (nSPS) is 21.2. The Balaban J connectivity index is 1.44. The zero-order chi connectivity index (χ0) is 31.4. The van der Waals surface area contributed by atoms with Gasteiger partial charge in [-0.2, -0.15) is 0 Å². The third kappa shape index (κ3) is 6.64. The number of aliphatic hydroxyl groups excluding tert-OH is 2. The molecule has 2 aromatic carbocycles. The van der Waals surface area contributed by atoms with Crippen molar-refractivity contribution in [2.45, 2.75) is 31.9 Å². The molecule has 44 heavy (non-hydrogen) atoms. The van der Waals surface area contributed by atoms with Crippen LogP contribution < -0.4 is 4.74 Å². The number of ether oxygens (including phenoxy) is 2. The molecule has 3 N–H and O–H groups in total. The first kappa shape index (κ1) is 32.4. The van der Waals surface area contributed by atoms with Gasteiger partial charge in [-0.3, -0.25) is 14.5 Å². The number of thiophene rings is 1. The summed E-state index contributed by atoms with van der Waals surface area (Å²) < 4.78 is 11.5. The molecule has 0 saturated carbocycles. The van der Waals surface area contributed by atoms with Gasteiger partial charge in [0.05, 0.1) is 48.4 Å². The van der Waals surface area contributed by atoms with Crippen molar-refractivity contribution in [3.8, 4) is 11.5 Å². The van der Waals surface area contributed by atoms with Crippen LogP contribution in [0.1, 0.15) is 35.3 Å². The van der Waals surface area contributed by atoms with Crippen LogP contribution in [-0.4, -0.2) is 65.6 Å². The Bertz CT molecular complexity index is 1550. The molecule has 5 rings (SSSR count). The van der Waals surface area contributed by atoms with Crippen molar-refractivity contribution in [1.29, 1.82) is 0 Å². The fourth-order valence-corrected chi connectivity index (χ4v) is 7.80. The molecule has 0 bridgehead atoms. The SMILES string of the molecule is COCC1=C([C@H](O)CC/C(=C/c2cc(I)c(O)c(OC)c2)c2ccccc2)[C@H](CO)[C@@H]2C(=O)N(Cc3cccs3)C(=O)[C@@H]2C1. The smallest absolute Gasteiger partial charge is 0.234 e. The zero-order valence-electron chi connectivity index (χ0n) is 24.6. The molecule has 4 atom stereocenters. The van der Waals surface area contributed by atoms with Gasteiger partial charge in [-0.25, -0.2) is 0 Å². The molecule has 1 saturated heterocycles. The Morgan fingerprint density at radius 2 is 1.91 bits per heavy atom. The highest BCUT2D eigenvalue weighted by Crippen LogP contribution is 2.47. The lowest BCUT2D eigenvalue weighted by atomic mass is 9.68. The minimum absolute atomic E-state index is 0.0825. The monoisotopic (exact) mass is 729 g/mol. The van der Waals surface area contributed by atoms with Gasteiger partial charge in [0, 0.05) is 17.9 Å². The quantitative estimate of drug-likeness (QED) is 0.0976. The summed E-state index contributed by atoms with van der Waals surface area (Å²) in [5, 5.41) is 34.6. The number of amides is 2. The molecule has 232 valence electrons. The lowest BCUT2D eigenvalue weighted by molar-refractivity contribution is -0.140. The number of aliphatic hydroxyl groups is 2. The van der Waals surface area contributed by atoms with E-state index in [9.17, 15) is 24.9 Å². The van der Waals surface area contributed by atoms with Gasteiger partial charge < -0.3 is 24.8 Å². The Labute approximate surface area is 274 Å². The van der Waals surface area contributed by atoms with Crippen LogP contribution in [0.3, 0.4) is 0 Å². The largest absolute Gasteiger partial charge is 0.504 e. The average molecular weight is 730 g/mol. The summed E-state index contributed by atoms with van der Waals surface area (Å²) in [6.45, 7) is 0.0512. The maximum Gasteiger partial charge on any atom is 0.234 e. The van der Waals surface area contributed by atoms with E-state index in [1.54, 1.807) is 13.2 Å². The first-order valence-electron chi connectivity index (χ1n) is 14.5. The Hall–Kier alpha value is -3.03. The second kappa shape index (κ2) is 14.4. The van der Waals surface area contributed by atoms with Gasteiger partial charge in [0.2, 0.25) is 11.8 Å². The van der Waals surface area contributed by atoms with Gasteiger partial charge in [0.1, 0.15) is 0 Å². The predicted molar refractivity (Wildman–Crippen MR) is 178 cm³/mol. The molecule has 0 radical (unpaired) electrons. The molecule has 2 amide bonds. The number of likely N-dealkylation sites (tertiary alicyclic amines) is 1. The summed E-state index contributed by atoms with van der Waals surface area (Å²) >= 11 is 3.55. The second-order valence-electron chi connectivity index (χ2n) is 11.1. The van der Waals surface area contributed by atoms with Gasteiger partial charge in [0.15, 0.2) is 11.5 Å². The average Bonchev–Trinajstić information content (AvgIpc) is 3.63. The highest BCUT2D eigenvalue weighted by Gasteiger charge is 2.54. The molecule has 3 aromatic rings. The van der Waals surface area contributed by atoms with Crippen LogP contribution in [0.2, 0.25) is 0 Å². The van der Waals surface area contributed by atoms with Gasteiger partial charge in [-0.1, -0.05) is 42.5 Å². The van der Waals surface area contributed by atoms with Crippen molar-refractivity contribution in [3.05, 3.63) is 90.7 Å². The Morgan fingerprint density at radius 3 is 2.57 bits per heavy atom. The molecule has 10 heteroatoms. The van der Waals surface area contributed by atoms with E-state index in [2.05, 4.69) is 22.6 Å². The maximum atomic E-state index is 13.7. The molecule has 1 aliphatic heterocycles. The number of benzene rings is 2. The number of aromatic hydroxyl groups is 1. The number of phenolic OH excluding ortho intramolecular Hbond substituents is 1. The molecule has 0 unspecified atom stereocenters.